The van der Waals surface area contributed by atoms with Crippen molar-refractivity contribution in [3.05, 3.63) is 107 Å². The Balaban J connectivity index is 0.936. The van der Waals surface area contributed by atoms with Gasteiger partial charge in [0, 0.05) is 74.9 Å². The zero-order valence-corrected chi connectivity index (χ0v) is 32.7. The molecule has 4 aromatic rings. The number of carbonyl (C=O) groups excluding carboxylic acids is 4. The highest BCUT2D eigenvalue weighted by molar-refractivity contribution is 7.92. The lowest BCUT2D eigenvalue weighted by atomic mass is 10.0. The van der Waals surface area contributed by atoms with Gasteiger partial charge >= 0.3 is 6.18 Å². The molecule has 310 valence electrons. The van der Waals surface area contributed by atoms with Gasteiger partial charge in [-0.1, -0.05) is 18.2 Å². The molecular formula is C40H40F4N8O6S. The standard InChI is InChI=1S/C40H40F4N8O6S/c1-50(59(2,57)58)27-5-3-4-23(16-27)20-46-33-19-35(47-22-31(33)40(42,43)44)48-26-7-6-24(32(41)17-26)21-45-25-12-14-51(15-13-25)28-8-9-29-30(18-28)39(56)52(38(29)55)34-10-11-36(53)49-37(34)54/h3-9,16-19,22,25,34,45H,10-15,20-21H2,1-2H3,(H2,46,47,48)(H,49,53,54). The lowest BCUT2D eigenvalue weighted by molar-refractivity contribution is -0.137. The van der Waals surface area contributed by atoms with Gasteiger partial charge in [-0.15, -0.1) is 0 Å². The van der Waals surface area contributed by atoms with Gasteiger partial charge in [0.05, 0.1) is 34.3 Å². The quantitative estimate of drug-likeness (QED) is 0.110. The predicted molar refractivity (Wildman–Crippen MR) is 211 cm³/mol. The number of fused-ring (bicyclic) bond motifs is 1. The number of imide groups is 2. The number of anilines is 5. The van der Waals surface area contributed by atoms with E-state index in [0.717, 1.165) is 21.1 Å². The van der Waals surface area contributed by atoms with E-state index < -0.39 is 57.3 Å². The van der Waals surface area contributed by atoms with Crippen molar-refractivity contribution in [2.75, 3.05) is 46.2 Å². The fourth-order valence-corrected chi connectivity index (χ4v) is 7.81. The minimum Gasteiger partial charge on any atom is -0.380 e. The highest BCUT2D eigenvalue weighted by Gasteiger charge is 2.45. The predicted octanol–water partition coefficient (Wildman–Crippen LogP) is 5.15. The van der Waals surface area contributed by atoms with Crippen molar-refractivity contribution in [3.8, 4) is 0 Å². The fourth-order valence-electron chi connectivity index (χ4n) is 7.32. The van der Waals surface area contributed by atoms with E-state index in [4.69, 9.17) is 0 Å². The number of nitrogens with one attached hydrogen (secondary N) is 4. The van der Waals surface area contributed by atoms with Crippen LogP contribution in [0.4, 0.5) is 46.1 Å². The molecule has 1 atom stereocenters. The molecule has 0 bridgehead atoms. The molecule has 59 heavy (non-hydrogen) atoms. The van der Waals surface area contributed by atoms with Gasteiger partial charge in [0.1, 0.15) is 17.7 Å². The zero-order valence-electron chi connectivity index (χ0n) is 31.9. The molecule has 19 heteroatoms. The largest absolute Gasteiger partial charge is 0.419 e. The topological polar surface area (TPSA) is 173 Å². The van der Waals surface area contributed by atoms with E-state index in [-0.39, 0.29) is 60.3 Å². The van der Waals surface area contributed by atoms with Crippen LogP contribution in [0.5, 0.6) is 0 Å². The SMILES string of the molecule is CN(c1cccc(CNc2cc(Nc3ccc(CNC4CCN(c5ccc6c(c5)C(=O)N(C5CCC(=O)NC5=O)C6=O)CC4)c(F)c3)ncc2C(F)(F)F)c1)S(C)(=O)=O. The molecule has 1 unspecified atom stereocenters. The van der Waals surface area contributed by atoms with Crippen LogP contribution in [0.3, 0.4) is 0 Å². The molecule has 4 N–H and O–H groups in total. The van der Waals surface area contributed by atoms with Gasteiger partial charge in [-0.25, -0.2) is 17.8 Å². The van der Waals surface area contributed by atoms with Gasteiger partial charge in [-0.3, -0.25) is 33.7 Å². The first-order valence-corrected chi connectivity index (χ1v) is 20.5. The molecule has 0 radical (unpaired) electrons. The van der Waals surface area contributed by atoms with Crippen molar-refractivity contribution in [1.82, 2.24) is 20.5 Å². The van der Waals surface area contributed by atoms with E-state index >= 15 is 4.39 Å². The van der Waals surface area contributed by atoms with Gasteiger partial charge in [-0.05, 0) is 67.3 Å². The minimum atomic E-state index is -4.73. The lowest BCUT2D eigenvalue weighted by Gasteiger charge is -2.34. The Morgan fingerprint density at radius 2 is 1.66 bits per heavy atom. The number of hydrogen-bond donors (Lipinski definition) is 4. The normalized spacial score (nSPS) is 17.6. The number of amides is 4. The number of pyridine rings is 1. The monoisotopic (exact) mass is 836 g/mol. The van der Waals surface area contributed by atoms with E-state index in [9.17, 15) is 40.8 Å². The molecule has 2 saturated heterocycles. The van der Waals surface area contributed by atoms with Gasteiger partial charge in [-0.2, -0.15) is 13.2 Å². The van der Waals surface area contributed by atoms with Crippen LogP contribution in [-0.4, -0.2) is 80.4 Å². The summed E-state index contributed by atoms with van der Waals surface area (Å²) in [5.74, 6) is -2.75. The summed E-state index contributed by atoms with van der Waals surface area (Å²) in [5, 5.41) is 11.2. The van der Waals surface area contributed by atoms with E-state index in [1.165, 1.54) is 19.2 Å². The number of piperidine rings is 2. The van der Waals surface area contributed by atoms with E-state index in [1.807, 2.05) is 0 Å². The molecule has 4 amide bonds. The maximum absolute atomic E-state index is 15.3. The Morgan fingerprint density at radius 3 is 2.36 bits per heavy atom. The highest BCUT2D eigenvalue weighted by atomic mass is 32.2. The summed E-state index contributed by atoms with van der Waals surface area (Å²) in [6.07, 6.45) is -1.49. The average molecular weight is 837 g/mol. The summed E-state index contributed by atoms with van der Waals surface area (Å²) in [7, 11) is -2.18. The third kappa shape index (κ3) is 9.00. The Labute approximate surface area is 337 Å². The molecule has 3 aliphatic rings. The summed E-state index contributed by atoms with van der Waals surface area (Å²) >= 11 is 0. The number of carbonyl (C=O) groups is 4. The molecule has 2 fully saturated rings. The number of nitrogens with zero attached hydrogens (tertiary/aromatic N) is 4. The average Bonchev–Trinajstić information content (AvgIpc) is 3.44. The van der Waals surface area contributed by atoms with Crippen LogP contribution in [0.1, 0.15) is 63.1 Å². The molecule has 0 spiro atoms. The van der Waals surface area contributed by atoms with E-state index in [0.29, 0.717) is 48.9 Å². The maximum atomic E-state index is 15.3. The van der Waals surface area contributed by atoms with Crippen LogP contribution in [0.2, 0.25) is 0 Å². The second kappa shape index (κ2) is 16.3. The van der Waals surface area contributed by atoms with Gasteiger partial charge in [0.15, 0.2) is 0 Å². The Kier molecular flexibility index (Phi) is 11.3. The lowest BCUT2D eigenvalue weighted by Crippen LogP contribution is -2.54. The van der Waals surface area contributed by atoms with Crippen LogP contribution in [0.25, 0.3) is 0 Å². The summed E-state index contributed by atoms with van der Waals surface area (Å²) in [6.45, 7) is 1.39. The van der Waals surface area contributed by atoms with Gasteiger partial charge < -0.3 is 20.9 Å². The second-order valence-electron chi connectivity index (χ2n) is 14.6. The van der Waals surface area contributed by atoms with Crippen molar-refractivity contribution < 1.29 is 45.2 Å². The minimum absolute atomic E-state index is 0.0346. The van der Waals surface area contributed by atoms with Gasteiger partial charge in [0.25, 0.3) is 11.8 Å². The molecule has 0 saturated carbocycles. The zero-order chi connectivity index (χ0) is 42.2. The molecule has 4 heterocycles. The maximum Gasteiger partial charge on any atom is 0.419 e. The molecule has 1 aromatic heterocycles. The highest BCUT2D eigenvalue weighted by Crippen LogP contribution is 2.37. The molecule has 14 nitrogen and oxygen atoms in total. The Hall–Kier alpha value is -6.08. The molecule has 3 aromatic carbocycles. The first kappa shape index (κ1) is 41.1. The third-order valence-electron chi connectivity index (χ3n) is 10.7. The van der Waals surface area contributed by atoms with Crippen LogP contribution < -0.4 is 30.5 Å². The van der Waals surface area contributed by atoms with Crippen LogP contribution in [0, 0.1) is 5.82 Å². The van der Waals surface area contributed by atoms with E-state index in [1.54, 1.807) is 54.6 Å². The molecule has 7 rings (SSSR count). The fraction of sp³-hybridized carbons (Fsp3) is 0.325. The number of sulfonamides is 1. The second-order valence-corrected chi connectivity index (χ2v) is 16.6. The summed E-state index contributed by atoms with van der Waals surface area (Å²) < 4.78 is 82.0. The van der Waals surface area contributed by atoms with Crippen LogP contribution in [0.15, 0.2) is 72.9 Å². The van der Waals surface area contributed by atoms with E-state index in [2.05, 4.69) is 31.2 Å². The summed E-state index contributed by atoms with van der Waals surface area (Å²) in [4.78, 5) is 57.3. The molecule has 0 aliphatic carbocycles. The number of benzene rings is 3. The number of aromatic nitrogens is 1. The number of hydrogen-bond acceptors (Lipinski definition) is 11. The third-order valence-corrected chi connectivity index (χ3v) is 11.9. The van der Waals surface area contributed by atoms with Crippen LogP contribution >= 0.6 is 0 Å². The van der Waals surface area contributed by atoms with Crippen molar-refractivity contribution in [2.24, 2.45) is 0 Å². The first-order valence-electron chi connectivity index (χ1n) is 18.7. The number of halogens is 4. The Morgan fingerprint density at radius 1 is 0.915 bits per heavy atom. The number of rotatable bonds is 12. The Bertz CT molecular complexity index is 2440. The van der Waals surface area contributed by atoms with Crippen molar-refractivity contribution in [2.45, 2.75) is 57.0 Å². The number of alkyl halides is 3. The molecular weight excluding hydrogens is 797 g/mol. The van der Waals surface area contributed by atoms with Crippen molar-refractivity contribution in [1.29, 1.82) is 0 Å². The first-order chi connectivity index (χ1) is 28.0. The summed E-state index contributed by atoms with van der Waals surface area (Å²) in [5.41, 5.74) is 1.40. The van der Waals surface area contributed by atoms with Crippen molar-refractivity contribution in [3.63, 3.8) is 0 Å². The van der Waals surface area contributed by atoms with Gasteiger partial charge in [0.2, 0.25) is 21.8 Å². The van der Waals surface area contributed by atoms with Crippen LogP contribution in [-0.2, 0) is 38.9 Å². The van der Waals surface area contributed by atoms with Crippen molar-refractivity contribution >= 4 is 62.2 Å². The summed E-state index contributed by atoms with van der Waals surface area (Å²) in [6, 6.07) is 16.0. The molecule has 3 aliphatic heterocycles. The smallest absolute Gasteiger partial charge is 0.380 e.